The summed E-state index contributed by atoms with van der Waals surface area (Å²) in [6.45, 7) is -0.120. The van der Waals surface area contributed by atoms with E-state index in [9.17, 15) is 9.90 Å². The fourth-order valence-electron chi connectivity index (χ4n) is 1.47. The van der Waals surface area contributed by atoms with Crippen molar-refractivity contribution in [1.82, 2.24) is 0 Å². The van der Waals surface area contributed by atoms with E-state index in [0.29, 0.717) is 11.4 Å². The molecule has 2 aromatic carbocycles. The van der Waals surface area contributed by atoms with E-state index in [1.54, 1.807) is 18.2 Å². The van der Waals surface area contributed by atoms with E-state index in [2.05, 4.69) is 21.2 Å². The summed E-state index contributed by atoms with van der Waals surface area (Å²) in [4.78, 5) is 11.7. The van der Waals surface area contributed by atoms with Gasteiger partial charge in [0.05, 0.1) is 5.69 Å². The Kier molecular flexibility index (Phi) is 4.41. The van der Waals surface area contributed by atoms with E-state index in [4.69, 9.17) is 4.74 Å². The summed E-state index contributed by atoms with van der Waals surface area (Å²) in [5, 5.41) is 12.0. The first kappa shape index (κ1) is 13.4. The molecule has 5 heteroatoms. The van der Waals surface area contributed by atoms with Crippen LogP contribution in [-0.4, -0.2) is 17.6 Å². The predicted octanol–water partition coefficient (Wildman–Crippen LogP) is 3.17. The van der Waals surface area contributed by atoms with Crippen LogP contribution in [-0.2, 0) is 4.79 Å². The Hall–Kier alpha value is -2.01. The number of amides is 1. The van der Waals surface area contributed by atoms with Gasteiger partial charge < -0.3 is 15.2 Å². The van der Waals surface area contributed by atoms with Gasteiger partial charge in [0.1, 0.15) is 11.5 Å². The number of rotatable bonds is 4. The number of halogens is 1. The number of phenols is 1. The van der Waals surface area contributed by atoms with Gasteiger partial charge in [-0.05, 0) is 40.2 Å². The highest BCUT2D eigenvalue weighted by Crippen LogP contribution is 2.21. The maximum atomic E-state index is 11.7. The Bertz CT molecular complexity index is 586. The minimum atomic E-state index is -0.268. The number of aromatic hydroxyl groups is 1. The van der Waals surface area contributed by atoms with Crippen molar-refractivity contribution in [2.45, 2.75) is 0 Å². The third kappa shape index (κ3) is 3.99. The molecule has 1 amide bonds. The molecule has 0 aliphatic rings. The zero-order valence-electron chi connectivity index (χ0n) is 9.97. The normalized spacial score (nSPS) is 9.95. The van der Waals surface area contributed by atoms with Gasteiger partial charge in [0.2, 0.25) is 0 Å². The summed E-state index contributed by atoms with van der Waals surface area (Å²) in [6.07, 6.45) is 0. The number of benzene rings is 2. The summed E-state index contributed by atoms with van der Waals surface area (Å²) in [7, 11) is 0. The molecule has 0 saturated heterocycles. The van der Waals surface area contributed by atoms with Crippen LogP contribution >= 0.6 is 15.9 Å². The number of hydrogen-bond donors (Lipinski definition) is 2. The average Bonchev–Trinajstić information content (AvgIpc) is 2.39. The first-order valence-corrected chi connectivity index (χ1v) is 6.40. The minimum absolute atomic E-state index is 0.101. The molecule has 19 heavy (non-hydrogen) atoms. The summed E-state index contributed by atoms with van der Waals surface area (Å²) in [6, 6.07) is 13.6. The second kappa shape index (κ2) is 6.24. The Morgan fingerprint density at radius 1 is 1.21 bits per heavy atom. The van der Waals surface area contributed by atoms with Crippen LogP contribution in [0.5, 0.6) is 11.5 Å². The SMILES string of the molecule is O=C(COc1cccc(O)c1)Nc1ccccc1Br. The van der Waals surface area contributed by atoms with Crippen molar-refractivity contribution in [2.24, 2.45) is 0 Å². The van der Waals surface area contributed by atoms with E-state index in [0.717, 1.165) is 4.47 Å². The summed E-state index contributed by atoms with van der Waals surface area (Å²) >= 11 is 3.34. The number of hydrogen-bond acceptors (Lipinski definition) is 3. The molecular weight excluding hydrogens is 310 g/mol. The van der Waals surface area contributed by atoms with E-state index in [-0.39, 0.29) is 18.3 Å². The molecule has 0 fully saturated rings. The molecule has 2 N–H and O–H groups in total. The van der Waals surface area contributed by atoms with Crippen LogP contribution in [0.2, 0.25) is 0 Å². The second-order valence-corrected chi connectivity index (χ2v) is 4.67. The lowest BCUT2D eigenvalue weighted by Gasteiger charge is -2.08. The fourth-order valence-corrected chi connectivity index (χ4v) is 1.85. The van der Waals surface area contributed by atoms with E-state index >= 15 is 0 Å². The highest BCUT2D eigenvalue weighted by Gasteiger charge is 2.06. The van der Waals surface area contributed by atoms with Crippen LogP contribution in [0.15, 0.2) is 53.0 Å². The Balaban J connectivity index is 1.90. The van der Waals surface area contributed by atoms with Crippen molar-refractivity contribution in [1.29, 1.82) is 0 Å². The van der Waals surface area contributed by atoms with Crippen molar-refractivity contribution in [2.75, 3.05) is 11.9 Å². The standard InChI is InChI=1S/C14H12BrNO3/c15-12-6-1-2-7-13(12)16-14(18)9-19-11-5-3-4-10(17)8-11/h1-8,17H,9H2,(H,16,18). The molecule has 4 nitrogen and oxygen atoms in total. The Morgan fingerprint density at radius 2 is 2.00 bits per heavy atom. The zero-order valence-corrected chi connectivity index (χ0v) is 11.6. The monoisotopic (exact) mass is 321 g/mol. The first-order valence-electron chi connectivity index (χ1n) is 5.61. The van der Waals surface area contributed by atoms with E-state index in [1.165, 1.54) is 12.1 Å². The lowest BCUT2D eigenvalue weighted by molar-refractivity contribution is -0.118. The molecule has 0 spiro atoms. The smallest absolute Gasteiger partial charge is 0.262 e. The third-order valence-electron chi connectivity index (χ3n) is 2.34. The fraction of sp³-hybridized carbons (Fsp3) is 0.0714. The van der Waals surface area contributed by atoms with Gasteiger partial charge in [0, 0.05) is 10.5 Å². The Morgan fingerprint density at radius 3 is 2.74 bits per heavy atom. The van der Waals surface area contributed by atoms with Crippen molar-refractivity contribution < 1.29 is 14.6 Å². The van der Waals surface area contributed by atoms with Crippen molar-refractivity contribution in [3.8, 4) is 11.5 Å². The maximum Gasteiger partial charge on any atom is 0.262 e. The topological polar surface area (TPSA) is 58.6 Å². The molecule has 0 radical (unpaired) electrons. The highest BCUT2D eigenvalue weighted by atomic mass is 79.9. The number of nitrogens with one attached hydrogen (secondary N) is 1. The first-order chi connectivity index (χ1) is 9.15. The van der Waals surface area contributed by atoms with Gasteiger partial charge in [0.25, 0.3) is 5.91 Å². The maximum absolute atomic E-state index is 11.7. The lowest BCUT2D eigenvalue weighted by Crippen LogP contribution is -2.20. The number of para-hydroxylation sites is 1. The summed E-state index contributed by atoms with van der Waals surface area (Å²) in [5.74, 6) is 0.279. The second-order valence-electron chi connectivity index (χ2n) is 3.81. The van der Waals surface area contributed by atoms with Gasteiger partial charge in [-0.1, -0.05) is 18.2 Å². The molecule has 0 unspecified atom stereocenters. The van der Waals surface area contributed by atoms with Gasteiger partial charge >= 0.3 is 0 Å². The third-order valence-corrected chi connectivity index (χ3v) is 3.03. The van der Waals surface area contributed by atoms with Crippen molar-refractivity contribution in [3.05, 3.63) is 53.0 Å². The van der Waals surface area contributed by atoms with Gasteiger partial charge in [-0.25, -0.2) is 0 Å². The Labute approximate surface area is 119 Å². The molecule has 0 aromatic heterocycles. The molecule has 2 aromatic rings. The molecule has 0 bridgehead atoms. The van der Waals surface area contributed by atoms with Crippen LogP contribution in [0.3, 0.4) is 0 Å². The largest absolute Gasteiger partial charge is 0.508 e. The summed E-state index contributed by atoms with van der Waals surface area (Å²) < 4.78 is 6.08. The number of anilines is 1. The summed E-state index contributed by atoms with van der Waals surface area (Å²) in [5.41, 5.74) is 0.687. The van der Waals surface area contributed by atoms with Crippen LogP contribution in [0.1, 0.15) is 0 Å². The predicted molar refractivity (Wildman–Crippen MR) is 76.4 cm³/mol. The van der Waals surface area contributed by atoms with Crippen LogP contribution < -0.4 is 10.1 Å². The lowest BCUT2D eigenvalue weighted by atomic mass is 10.3. The van der Waals surface area contributed by atoms with Gasteiger partial charge in [0.15, 0.2) is 6.61 Å². The average molecular weight is 322 g/mol. The van der Waals surface area contributed by atoms with Crippen molar-refractivity contribution >= 4 is 27.5 Å². The van der Waals surface area contributed by atoms with E-state index in [1.807, 2.05) is 18.2 Å². The van der Waals surface area contributed by atoms with Gasteiger partial charge in [-0.15, -0.1) is 0 Å². The number of ether oxygens (including phenoxy) is 1. The van der Waals surface area contributed by atoms with E-state index < -0.39 is 0 Å². The van der Waals surface area contributed by atoms with Crippen LogP contribution in [0.4, 0.5) is 5.69 Å². The zero-order chi connectivity index (χ0) is 13.7. The molecule has 98 valence electrons. The molecule has 0 aliphatic carbocycles. The quantitative estimate of drug-likeness (QED) is 0.909. The highest BCUT2D eigenvalue weighted by molar-refractivity contribution is 9.10. The number of carbonyl (C=O) groups is 1. The van der Waals surface area contributed by atoms with Crippen LogP contribution in [0.25, 0.3) is 0 Å². The molecule has 0 heterocycles. The molecule has 0 saturated carbocycles. The number of carbonyl (C=O) groups excluding carboxylic acids is 1. The molecule has 0 atom stereocenters. The van der Waals surface area contributed by atoms with Gasteiger partial charge in [-0.2, -0.15) is 0 Å². The molecular formula is C14H12BrNO3. The van der Waals surface area contributed by atoms with Gasteiger partial charge in [-0.3, -0.25) is 4.79 Å². The molecule has 2 rings (SSSR count). The molecule has 0 aliphatic heterocycles. The van der Waals surface area contributed by atoms with Crippen LogP contribution in [0, 0.1) is 0 Å². The van der Waals surface area contributed by atoms with Crippen molar-refractivity contribution in [3.63, 3.8) is 0 Å². The minimum Gasteiger partial charge on any atom is -0.508 e. The number of phenolic OH excluding ortho intramolecular Hbond substituents is 1.